The van der Waals surface area contributed by atoms with Gasteiger partial charge in [0.1, 0.15) is 11.5 Å². The lowest BCUT2D eigenvalue weighted by Crippen LogP contribution is -2.12. The van der Waals surface area contributed by atoms with Gasteiger partial charge in [0.25, 0.3) is 5.75 Å². The van der Waals surface area contributed by atoms with Crippen molar-refractivity contribution in [2.75, 3.05) is 0 Å². The van der Waals surface area contributed by atoms with E-state index in [2.05, 4.69) is 0 Å². The van der Waals surface area contributed by atoms with Crippen LogP contribution >= 0.6 is 15.6 Å². The molecule has 242 valence electrons. The standard InChI is InChI=1S/C33H22O13P2/c1-17-9-13-21(14-10-17)36-26-23(20-7-5-4-6-8-20)27-29-31(28(26)37-22-15-11-18(2)12-16-22)40-46-48(35,45-39-27)44-33-25-19(3)24-32(30(33)38-29)43-47(34,41-24)42-25/h4-16H,1-3H3. The normalized spacial score (nSPS) is 20.5. The van der Waals surface area contributed by atoms with Crippen LogP contribution in [0, 0.1) is 20.8 Å². The summed E-state index contributed by atoms with van der Waals surface area (Å²) in [4.78, 5) is 11.5. The van der Waals surface area contributed by atoms with Crippen LogP contribution in [0.4, 0.5) is 0 Å². The molecular weight excluding hydrogens is 666 g/mol. The average Bonchev–Trinajstić information content (AvgIpc) is 3.38. The van der Waals surface area contributed by atoms with E-state index in [1.807, 2.05) is 56.3 Å². The summed E-state index contributed by atoms with van der Waals surface area (Å²) >= 11 is 0. The first-order valence-corrected chi connectivity index (χ1v) is 17.5. The molecule has 0 spiro atoms. The van der Waals surface area contributed by atoms with E-state index in [4.69, 9.17) is 51.4 Å². The lowest BCUT2D eigenvalue weighted by atomic mass is 10.0. The molecule has 0 aromatic heterocycles. The lowest BCUT2D eigenvalue weighted by Gasteiger charge is -2.25. The quantitative estimate of drug-likeness (QED) is 0.128. The fraction of sp³-hybridized carbons (Fsp3) is 0.0909. The maximum atomic E-state index is 14.1. The Labute approximate surface area is 272 Å². The van der Waals surface area contributed by atoms with Crippen molar-refractivity contribution >= 4 is 15.6 Å². The van der Waals surface area contributed by atoms with Crippen molar-refractivity contribution in [3.8, 4) is 80.1 Å². The number of hydrogen-bond donors (Lipinski definition) is 0. The van der Waals surface area contributed by atoms with E-state index in [1.165, 1.54) is 0 Å². The van der Waals surface area contributed by atoms with Crippen LogP contribution in [0.3, 0.4) is 0 Å². The van der Waals surface area contributed by atoms with Gasteiger partial charge in [-0.3, -0.25) is 0 Å². The zero-order chi connectivity index (χ0) is 32.8. The number of phosphoric ester groups is 1. The van der Waals surface area contributed by atoms with Gasteiger partial charge in [0, 0.05) is 5.56 Å². The van der Waals surface area contributed by atoms with Crippen molar-refractivity contribution in [1.82, 2.24) is 0 Å². The van der Waals surface area contributed by atoms with Crippen molar-refractivity contribution in [2.45, 2.75) is 20.8 Å². The summed E-state index contributed by atoms with van der Waals surface area (Å²) in [6, 6.07) is 23.6. The summed E-state index contributed by atoms with van der Waals surface area (Å²) in [6.07, 6.45) is 0. The second-order valence-electron chi connectivity index (χ2n) is 11.2. The molecule has 2 atom stereocenters. The van der Waals surface area contributed by atoms with Gasteiger partial charge in [-0.25, -0.2) is 4.57 Å². The second kappa shape index (κ2) is 10.3. The van der Waals surface area contributed by atoms with Gasteiger partial charge in [-0.05, 0) is 50.6 Å². The van der Waals surface area contributed by atoms with Crippen LogP contribution in [-0.2, 0) is 18.5 Å². The lowest BCUT2D eigenvalue weighted by molar-refractivity contribution is -0.192. The Morgan fingerprint density at radius 1 is 0.500 bits per heavy atom. The molecule has 0 radical (unpaired) electrons. The van der Waals surface area contributed by atoms with Crippen molar-refractivity contribution < 1.29 is 60.6 Å². The van der Waals surface area contributed by atoms with Gasteiger partial charge in [0.05, 0.1) is 5.56 Å². The van der Waals surface area contributed by atoms with E-state index in [-0.39, 0.29) is 63.1 Å². The minimum Gasteiger partial charge on any atom is -0.452 e. The molecule has 10 rings (SSSR count). The summed E-state index contributed by atoms with van der Waals surface area (Å²) in [5, 5.41) is 0. The number of ether oxygens (including phenoxy) is 3. The summed E-state index contributed by atoms with van der Waals surface area (Å²) < 4.78 is 79.9. The van der Waals surface area contributed by atoms with Gasteiger partial charge in [0.2, 0.25) is 34.5 Å². The maximum absolute atomic E-state index is 14.1. The topological polar surface area (TPSA) is 136 Å². The summed E-state index contributed by atoms with van der Waals surface area (Å²) in [5.41, 5.74) is 3.18. The third kappa shape index (κ3) is 4.55. The molecule has 48 heavy (non-hydrogen) atoms. The van der Waals surface area contributed by atoms with E-state index in [9.17, 15) is 9.13 Å². The van der Waals surface area contributed by atoms with E-state index < -0.39 is 15.6 Å². The number of hydrogen-bond acceptors (Lipinski definition) is 13. The molecule has 5 aromatic carbocycles. The Morgan fingerprint density at radius 3 is 1.60 bits per heavy atom. The Kier molecular flexibility index (Phi) is 6.22. The Balaban J connectivity index is 1.36. The van der Waals surface area contributed by atoms with Gasteiger partial charge in [-0.1, -0.05) is 75.1 Å². The van der Waals surface area contributed by atoms with Crippen molar-refractivity contribution in [1.29, 1.82) is 0 Å². The first-order valence-electron chi connectivity index (χ1n) is 14.5. The minimum absolute atomic E-state index is 0.0459. The van der Waals surface area contributed by atoms with Gasteiger partial charge in [-0.2, -0.15) is 4.57 Å². The maximum Gasteiger partial charge on any atom is 0.647 e. The molecule has 0 saturated heterocycles. The first kappa shape index (κ1) is 28.9. The molecule has 15 heteroatoms. The summed E-state index contributed by atoms with van der Waals surface area (Å²) in [7, 11) is -8.96. The minimum atomic E-state index is -4.84. The molecule has 5 aliphatic rings. The third-order valence-electron chi connectivity index (χ3n) is 7.77. The zero-order valence-corrected chi connectivity index (χ0v) is 27.0. The Bertz CT molecular complexity index is 2250. The first-order chi connectivity index (χ1) is 23.2. The summed E-state index contributed by atoms with van der Waals surface area (Å²) in [6.45, 7) is 5.50. The van der Waals surface area contributed by atoms with Crippen LogP contribution in [0.5, 0.6) is 69.0 Å². The monoisotopic (exact) mass is 688 g/mol. The van der Waals surface area contributed by atoms with E-state index in [0.29, 0.717) is 22.6 Å². The van der Waals surface area contributed by atoms with Crippen LogP contribution in [0.1, 0.15) is 16.7 Å². The van der Waals surface area contributed by atoms with Gasteiger partial charge < -0.3 is 42.1 Å². The molecule has 0 amide bonds. The molecule has 7 bridgehead atoms. The highest BCUT2D eigenvalue weighted by Crippen LogP contribution is 2.76. The number of fused-ring (bicyclic) bond motifs is 4. The Morgan fingerprint density at radius 2 is 1.00 bits per heavy atom. The molecule has 0 saturated carbocycles. The molecule has 0 N–H and O–H groups in total. The van der Waals surface area contributed by atoms with E-state index >= 15 is 0 Å². The highest BCUT2D eigenvalue weighted by molar-refractivity contribution is 7.50. The predicted octanol–water partition coefficient (Wildman–Crippen LogP) is 10.1. The van der Waals surface area contributed by atoms with Crippen molar-refractivity contribution in [3.63, 3.8) is 0 Å². The van der Waals surface area contributed by atoms with E-state index in [0.717, 1.165) is 11.1 Å². The molecule has 0 fully saturated rings. The fourth-order valence-corrected chi connectivity index (χ4v) is 7.63. The number of benzene rings is 5. The largest absolute Gasteiger partial charge is 0.647 e. The average molecular weight is 688 g/mol. The molecule has 13 nitrogen and oxygen atoms in total. The van der Waals surface area contributed by atoms with Crippen LogP contribution in [-0.4, -0.2) is 0 Å². The van der Waals surface area contributed by atoms with E-state index in [1.54, 1.807) is 43.3 Å². The van der Waals surface area contributed by atoms with Crippen LogP contribution in [0.15, 0.2) is 78.9 Å². The predicted molar refractivity (Wildman–Crippen MR) is 167 cm³/mol. The third-order valence-corrected chi connectivity index (χ3v) is 9.91. The second-order valence-corrected chi connectivity index (χ2v) is 14.0. The molecule has 2 unspecified atom stereocenters. The molecule has 0 aliphatic carbocycles. The highest BCUT2D eigenvalue weighted by Gasteiger charge is 2.55. The number of aryl methyl sites for hydroxylation is 2. The van der Waals surface area contributed by atoms with Crippen molar-refractivity contribution in [3.05, 3.63) is 95.6 Å². The van der Waals surface area contributed by atoms with Crippen LogP contribution in [0.2, 0.25) is 0 Å². The van der Waals surface area contributed by atoms with Crippen LogP contribution in [0.25, 0.3) is 11.1 Å². The molecule has 5 heterocycles. The molecule has 5 aliphatic heterocycles. The zero-order valence-electron chi connectivity index (χ0n) is 25.2. The van der Waals surface area contributed by atoms with Gasteiger partial charge in [-0.15, -0.1) is 0 Å². The molecular formula is C33H22O13P2. The fourth-order valence-electron chi connectivity index (χ4n) is 5.44. The highest BCUT2D eigenvalue weighted by atomic mass is 31.2. The molecule has 5 aromatic rings. The summed E-state index contributed by atoms with van der Waals surface area (Å²) in [5.74, 6) is -0.339. The number of rotatable bonds is 5. The Hall–Kier alpha value is -5.32. The number of phosphoric acid groups is 2. The van der Waals surface area contributed by atoms with Crippen LogP contribution < -0.4 is 42.1 Å². The van der Waals surface area contributed by atoms with Gasteiger partial charge in [0.15, 0.2) is 17.2 Å². The van der Waals surface area contributed by atoms with Gasteiger partial charge >= 0.3 is 15.6 Å². The SMILES string of the molecule is Cc1ccc(Oc2c3c4c(c(-c5ccccc5)c2Oc2ccc(C)cc2)OOP(=O)(OO3)Oc2c3c(C)c5c(c2O4)OP(=O)(O3)O5)cc1. The van der Waals surface area contributed by atoms with Crippen molar-refractivity contribution in [2.24, 2.45) is 0 Å². The smallest absolute Gasteiger partial charge is 0.452 e.